The van der Waals surface area contributed by atoms with Crippen molar-refractivity contribution in [3.05, 3.63) is 59.7 Å². The summed E-state index contributed by atoms with van der Waals surface area (Å²) in [6.07, 6.45) is 13.5. The molecule has 28 heavy (non-hydrogen) atoms. The molecule has 0 aliphatic rings. The van der Waals surface area contributed by atoms with Crippen molar-refractivity contribution in [3.63, 3.8) is 0 Å². The molecule has 0 atom stereocenters. The Balaban J connectivity index is 1.89. The second kappa shape index (κ2) is 13.3. The van der Waals surface area contributed by atoms with E-state index in [0.29, 0.717) is 5.92 Å². The predicted octanol–water partition coefficient (Wildman–Crippen LogP) is 7.76. The number of ether oxygens (including phenoxy) is 2. The summed E-state index contributed by atoms with van der Waals surface area (Å²) in [5.74, 6) is 2.27. The van der Waals surface area contributed by atoms with E-state index in [1.165, 1.54) is 75.3 Å². The van der Waals surface area contributed by atoms with Crippen LogP contribution in [0.1, 0.15) is 88.2 Å². The van der Waals surface area contributed by atoms with Crippen molar-refractivity contribution in [1.82, 2.24) is 0 Å². The average molecular weight is 383 g/mol. The van der Waals surface area contributed by atoms with Gasteiger partial charge >= 0.3 is 0 Å². The minimum atomic E-state index is 0.432. The average Bonchev–Trinajstić information content (AvgIpc) is 2.75. The number of unbranched alkanes of at least 4 members (excludes halogenated alkanes) is 8. The topological polar surface area (TPSA) is 18.5 Å². The quantitative estimate of drug-likeness (QED) is 0.311. The standard InChI is InChI=1S/C26H38O2/c1-4-5-6-7-8-9-10-11-12-13-26(22-14-18-24(27-2)19-15-22)23-16-20-25(28-3)21-17-23/h14-21,26H,4-13H2,1-3H3. The first-order valence-corrected chi connectivity index (χ1v) is 11.1. The van der Waals surface area contributed by atoms with Gasteiger partial charge in [-0.15, -0.1) is 0 Å². The van der Waals surface area contributed by atoms with Crippen molar-refractivity contribution >= 4 is 0 Å². The Morgan fingerprint density at radius 2 is 0.964 bits per heavy atom. The maximum Gasteiger partial charge on any atom is 0.118 e. The molecule has 0 unspecified atom stereocenters. The first-order valence-electron chi connectivity index (χ1n) is 11.1. The first-order chi connectivity index (χ1) is 13.8. The molecule has 0 radical (unpaired) electrons. The molecule has 0 spiro atoms. The van der Waals surface area contributed by atoms with Gasteiger partial charge in [0.25, 0.3) is 0 Å². The number of hydrogen-bond acceptors (Lipinski definition) is 2. The van der Waals surface area contributed by atoms with Gasteiger partial charge in [0.2, 0.25) is 0 Å². The molecule has 0 saturated carbocycles. The number of methoxy groups -OCH3 is 2. The molecule has 0 N–H and O–H groups in total. The molecule has 154 valence electrons. The zero-order valence-electron chi connectivity index (χ0n) is 18.1. The second-order valence-electron chi connectivity index (χ2n) is 7.72. The Bertz CT molecular complexity index is 583. The summed E-state index contributed by atoms with van der Waals surface area (Å²) >= 11 is 0. The monoisotopic (exact) mass is 382 g/mol. The fourth-order valence-corrected chi connectivity index (χ4v) is 3.86. The molecule has 0 bridgehead atoms. The summed E-state index contributed by atoms with van der Waals surface area (Å²) in [5.41, 5.74) is 2.73. The van der Waals surface area contributed by atoms with Gasteiger partial charge in [0.15, 0.2) is 0 Å². The van der Waals surface area contributed by atoms with Crippen molar-refractivity contribution in [1.29, 1.82) is 0 Å². The molecular formula is C26H38O2. The number of hydrogen-bond donors (Lipinski definition) is 0. The SMILES string of the molecule is CCCCCCCCCCCC(c1ccc(OC)cc1)c1ccc(OC)cc1. The summed E-state index contributed by atoms with van der Waals surface area (Å²) in [7, 11) is 3.44. The second-order valence-corrected chi connectivity index (χ2v) is 7.72. The van der Waals surface area contributed by atoms with Gasteiger partial charge in [-0.1, -0.05) is 89.0 Å². The molecule has 2 nitrogen and oxygen atoms in total. The Hall–Kier alpha value is -1.96. The Morgan fingerprint density at radius 1 is 0.571 bits per heavy atom. The Kier molecular flexibility index (Phi) is 10.6. The van der Waals surface area contributed by atoms with Gasteiger partial charge in [-0.25, -0.2) is 0 Å². The van der Waals surface area contributed by atoms with Crippen molar-refractivity contribution in [2.45, 2.75) is 77.0 Å². The van der Waals surface area contributed by atoms with E-state index < -0.39 is 0 Å². The van der Waals surface area contributed by atoms with Crippen LogP contribution in [0.15, 0.2) is 48.5 Å². The van der Waals surface area contributed by atoms with Gasteiger partial charge in [-0.2, -0.15) is 0 Å². The lowest BCUT2D eigenvalue weighted by Crippen LogP contribution is -2.02. The van der Waals surface area contributed by atoms with Gasteiger partial charge in [-0.3, -0.25) is 0 Å². The lowest BCUT2D eigenvalue weighted by Gasteiger charge is -2.19. The highest BCUT2D eigenvalue weighted by atomic mass is 16.5. The fraction of sp³-hybridized carbons (Fsp3) is 0.538. The molecule has 0 aliphatic carbocycles. The van der Waals surface area contributed by atoms with Crippen LogP contribution < -0.4 is 9.47 Å². The molecule has 2 rings (SSSR count). The van der Waals surface area contributed by atoms with Crippen LogP contribution in [0.5, 0.6) is 11.5 Å². The normalized spacial score (nSPS) is 11.0. The molecule has 0 amide bonds. The van der Waals surface area contributed by atoms with Crippen LogP contribution in [0.4, 0.5) is 0 Å². The Morgan fingerprint density at radius 3 is 1.36 bits per heavy atom. The number of benzene rings is 2. The fourth-order valence-electron chi connectivity index (χ4n) is 3.86. The predicted molar refractivity (Wildman–Crippen MR) is 120 cm³/mol. The molecule has 0 aromatic heterocycles. The van der Waals surface area contributed by atoms with Crippen LogP contribution in [0.3, 0.4) is 0 Å². The van der Waals surface area contributed by atoms with Crippen molar-refractivity contribution < 1.29 is 9.47 Å². The number of rotatable bonds is 14. The highest BCUT2D eigenvalue weighted by molar-refractivity contribution is 5.38. The molecule has 0 heterocycles. The van der Waals surface area contributed by atoms with E-state index >= 15 is 0 Å². The summed E-state index contributed by atoms with van der Waals surface area (Å²) < 4.78 is 10.7. The van der Waals surface area contributed by atoms with Crippen LogP contribution in [0, 0.1) is 0 Å². The lowest BCUT2D eigenvalue weighted by atomic mass is 9.86. The zero-order valence-corrected chi connectivity index (χ0v) is 18.1. The minimum Gasteiger partial charge on any atom is -0.497 e. The highest BCUT2D eigenvalue weighted by Gasteiger charge is 2.14. The molecule has 2 aromatic rings. The maximum absolute atomic E-state index is 5.33. The van der Waals surface area contributed by atoms with Crippen molar-refractivity contribution in [3.8, 4) is 11.5 Å². The van der Waals surface area contributed by atoms with Crippen LogP contribution in [-0.4, -0.2) is 14.2 Å². The third-order valence-electron chi connectivity index (χ3n) is 5.63. The highest BCUT2D eigenvalue weighted by Crippen LogP contribution is 2.32. The van der Waals surface area contributed by atoms with E-state index in [2.05, 4.69) is 55.5 Å². The van der Waals surface area contributed by atoms with Gasteiger partial charge < -0.3 is 9.47 Å². The van der Waals surface area contributed by atoms with E-state index in [0.717, 1.165) is 11.5 Å². The molecule has 0 aliphatic heterocycles. The van der Waals surface area contributed by atoms with E-state index in [9.17, 15) is 0 Å². The van der Waals surface area contributed by atoms with E-state index in [-0.39, 0.29) is 0 Å². The third-order valence-corrected chi connectivity index (χ3v) is 5.63. The molecule has 2 heteroatoms. The summed E-state index contributed by atoms with van der Waals surface area (Å²) in [4.78, 5) is 0. The molecule has 0 saturated heterocycles. The van der Waals surface area contributed by atoms with E-state index in [1.54, 1.807) is 14.2 Å². The lowest BCUT2D eigenvalue weighted by molar-refractivity contribution is 0.414. The maximum atomic E-state index is 5.33. The third kappa shape index (κ3) is 7.58. The van der Waals surface area contributed by atoms with Crippen LogP contribution >= 0.6 is 0 Å². The van der Waals surface area contributed by atoms with Gasteiger partial charge in [0.05, 0.1) is 14.2 Å². The first kappa shape index (κ1) is 22.3. The van der Waals surface area contributed by atoms with Gasteiger partial charge in [0, 0.05) is 5.92 Å². The van der Waals surface area contributed by atoms with E-state index in [1.807, 2.05) is 0 Å². The van der Waals surface area contributed by atoms with Crippen LogP contribution in [0.25, 0.3) is 0 Å². The molecule has 2 aromatic carbocycles. The van der Waals surface area contributed by atoms with Crippen molar-refractivity contribution in [2.24, 2.45) is 0 Å². The molecular weight excluding hydrogens is 344 g/mol. The Labute approximate surface area is 172 Å². The minimum absolute atomic E-state index is 0.432. The smallest absolute Gasteiger partial charge is 0.118 e. The van der Waals surface area contributed by atoms with Gasteiger partial charge in [0.1, 0.15) is 11.5 Å². The van der Waals surface area contributed by atoms with Crippen LogP contribution in [-0.2, 0) is 0 Å². The summed E-state index contributed by atoms with van der Waals surface area (Å²) in [6.45, 7) is 2.28. The zero-order chi connectivity index (χ0) is 20.0. The molecule has 0 fully saturated rings. The summed E-state index contributed by atoms with van der Waals surface area (Å²) in [6, 6.07) is 17.1. The van der Waals surface area contributed by atoms with Crippen LogP contribution in [0.2, 0.25) is 0 Å². The van der Waals surface area contributed by atoms with Crippen molar-refractivity contribution in [2.75, 3.05) is 14.2 Å². The van der Waals surface area contributed by atoms with Gasteiger partial charge in [-0.05, 0) is 41.8 Å². The van der Waals surface area contributed by atoms with E-state index in [4.69, 9.17) is 9.47 Å². The summed E-state index contributed by atoms with van der Waals surface area (Å²) in [5, 5.41) is 0. The largest absolute Gasteiger partial charge is 0.497 e.